The maximum atomic E-state index is 12.1. The van der Waals surface area contributed by atoms with Gasteiger partial charge in [-0.25, -0.2) is 4.39 Å². The fourth-order valence-corrected chi connectivity index (χ4v) is 1.07. The molecule has 0 aliphatic rings. The molecule has 1 aromatic carbocycles. The summed E-state index contributed by atoms with van der Waals surface area (Å²) in [4.78, 5) is 0. The van der Waals surface area contributed by atoms with Crippen LogP contribution in [0.3, 0.4) is 0 Å². The van der Waals surface area contributed by atoms with Crippen LogP contribution in [-0.2, 0) is 0 Å². The molecule has 0 atom stereocenters. The van der Waals surface area contributed by atoms with Gasteiger partial charge in [0, 0.05) is 10.6 Å². The van der Waals surface area contributed by atoms with Crippen molar-refractivity contribution in [2.24, 2.45) is 0 Å². The molecule has 64 valence electrons. The van der Waals surface area contributed by atoms with Gasteiger partial charge in [0.05, 0.1) is 12.9 Å². The van der Waals surface area contributed by atoms with Crippen LogP contribution in [0.1, 0.15) is 5.56 Å². The topological polar surface area (TPSA) is 20.2 Å². The Kier molecular flexibility index (Phi) is 3.26. The maximum Gasteiger partial charge on any atom is 0.0928 e. The van der Waals surface area contributed by atoms with Crippen LogP contribution in [-0.4, -0.2) is 11.7 Å². The molecule has 0 aliphatic carbocycles. The molecule has 0 saturated heterocycles. The number of halogens is 2. The van der Waals surface area contributed by atoms with Crippen LogP contribution in [0.4, 0.5) is 4.39 Å². The molecule has 0 amide bonds. The van der Waals surface area contributed by atoms with E-state index in [0.717, 1.165) is 0 Å². The lowest BCUT2D eigenvalue weighted by Crippen LogP contribution is -1.88. The van der Waals surface area contributed by atoms with Crippen molar-refractivity contribution in [3.63, 3.8) is 0 Å². The standard InChI is InChI=1S/C9H8ClFO/c10-9-3-1-2-7(4-9)8(5-11)6-12/h1-5,12H,6H2. The van der Waals surface area contributed by atoms with Crippen LogP contribution in [0.25, 0.3) is 5.57 Å². The van der Waals surface area contributed by atoms with Crippen molar-refractivity contribution in [2.45, 2.75) is 0 Å². The van der Waals surface area contributed by atoms with Crippen LogP contribution in [0.5, 0.6) is 0 Å². The minimum Gasteiger partial charge on any atom is -0.392 e. The Balaban J connectivity index is 3.02. The third-order valence-corrected chi connectivity index (χ3v) is 1.73. The normalized spacial score (nSPS) is 11.8. The average molecular weight is 187 g/mol. The average Bonchev–Trinajstić information content (AvgIpc) is 2.07. The molecular weight excluding hydrogens is 179 g/mol. The quantitative estimate of drug-likeness (QED) is 0.753. The molecule has 0 heterocycles. The molecule has 12 heavy (non-hydrogen) atoms. The maximum absolute atomic E-state index is 12.1. The van der Waals surface area contributed by atoms with Crippen LogP contribution < -0.4 is 0 Å². The van der Waals surface area contributed by atoms with E-state index >= 15 is 0 Å². The molecule has 0 fully saturated rings. The van der Waals surface area contributed by atoms with Crippen molar-refractivity contribution in [1.29, 1.82) is 0 Å². The lowest BCUT2D eigenvalue weighted by Gasteiger charge is -2.01. The first-order valence-electron chi connectivity index (χ1n) is 3.44. The Bertz CT molecular complexity index is 296. The van der Waals surface area contributed by atoms with E-state index < -0.39 is 0 Å². The molecule has 0 saturated carbocycles. The third kappa shape index (κ3) is 2.06. The first-order chi connectivity index (χ1) is 5.77. The zero-order valence-electron chi connectivity index (χ0n) is 6.30. The van der Waals surface area contributed by atoms with Gasteiger partial charge in [-0.1, -0.05) is 23.7 Å². The minimum atomic E-state index is -0.323. The Labute approximate surface area is 75.1 Å². The summed E-state index contributed by atoms with van der Waals surface area (Å²) in [5.74, 6) is 0. The zero-order valence-corrected chi connectivity index (χ0v) is 7.05. The monoisotopic (exact) mass is 186 g/mol. The lowest BCUT2D eigenvalue weighted by molar-refractivity contribution is 0.348. The fraction of sp³-hybridized carbons (Fsp3) is 0.111. The van der Waals surface area contributed by atoms with Gasteiger partial charge >= 0.3 is 0 Å². The highest BCUT2D eigenvalue weighted by atomic mass is 35.5. The number of aliphatic hydroxyl groups is 1. The Morgan fingerprint density at radius 1 is 1.58 bits per heavy atom. The Morgan fingerprint density at radius 3 is 2.83 bits per heavy atom. The largest absolute Gasteiger partial charge is 0.392 e. The van der Waals surface area contributed by atoms with E-state index in [9.17, 15) is 4.39 Å². The van der Waals surface area contributed by atoms with E-state index in [1.165, 1.54) is 0 Å². The van der Waals surface area contributed by atoms with Crippen molar-refractivity contribution in [3.8, 4) is 0 Å². The molecule has 1 N–H and O–H groups in total. The highest BCUT2D eigenvalue weighted by Gasteiger charge is 1.99. The van der Waals surface area contributed by atoms with E-state index in [1.807, 2.05) is 0 Å². The predicted octanol–water partition coefficient (Wildman–Crippen LogP) is 2.64. The minimum absolute atomic E-state index is 0.234. The number of hydrogen-bond acceptors (Lipinski definition) is 1. The summed E-state index contributed by atoms with van der Waals surface area (Å²) in [5.41, 5.74) is 0.838. The summed E-state index contributed by atoms with van der Waals surface area (Å²) in [5, 5.41) is 9.25. The lowest BCUT2D eigenvalue weighted by atomic mass is 10.1. The third-order valence-electron chi connectivity index (χ3n) is 1.50. The molecule has 0 aromatic heterocycles. The van der Waals surface area contributed by atoms with Gasteiger partial charge < -0.3 is 5.11 Å². The summed E-state index contributed by atoms with van der Waals surface area (Å²) < 4.78 is 12.1. The zero-order chi connectivity index (χ0) is 8.97. The molecule has 0 radical (unpaired) electrons. The molecular formula is C9H8ClFO. The SMILES string of the molecule is OCC(=CF)c1cccc(Cl)c1. The molecule has 0 aliphatic heterocycles. The summed E-state index contributed by atoms with van der Waals surface area (Å²) in [6.45, 7) is -0.323. The van der Waals surface area contributed by atoms with Gasteiger partial charge in [0.1, 0.15) is 0 Å². The van der Waals surface area contributed by atoms with Gasteiger partial charge in [-0.3, -0.25) is 0 Å². The van der Waals surface area contributed by atoms with E-state index in [1.54, 1.807) is 24.3 Å². The molecule has 0 unspecified atom stereocenters. The second kappa shape index (κ2) is 4.24. The molecule has 1 aromatic rings. The number of hydrogen-bond donors (Lipinski definition) is 1. The second-order valence-corrected chi connectivity index (χ2v) is 2.74. The predicted molar refractivity (Wildman–Crippen MR) is 47.6 cm³/mol. The first-order valence-corrected chi connectivity index (χ1v) is 3.81. The van der Waals surface area contributed by atoms with Crippen molar-refractivity contribution < 1.29 is 9.50 Å². The molecule has 0 bridgehead atoms. The fourth-order valence-electron chi connectivity index (χ4n) is 0.877. The van der Waals surface area contributed by atoms with E-state index in [-0.39, 0.29) is 12.2 Å². The smallest absolute Gasteiger partial charge is 0.0928 e. The van der Waals surface area contributed by atoms with Crippen molar-refractivity contribution >= 4 is 17.2 Å². The van der Waals surface area contributed by atoms with Crippen molar-refractivity contribution in [1.82, 2.24) is 0 Å². The highest BCUT2D eigenvalue weighted by molar-refractivity contribution is 6.30. The number of rotatable bonds is 2. The van der Waals surface area contributed by atoms with Crippen LogP contribution in [0.2, 0.25) is 5.02 Å². The first kappa shape index (κ1) is 9.23. The van der Waals surface area contributed by atoms with Crippen molar-refractivity contribution in [3.05, 3.63) is 41.2 Å². The van der Waals surface area contributed by atoms with E-state index in [2.05, 4.69) is 0 Å². The van der Waals surface area contributed by atoms with Gasteiger partial charge in [-0.05, 0) is 17.7 Å². The summed E-state index contributed by atoms with van der Waals surface area (Å²) >= 11 is 5.67. The van der Waals surface area contributed by atoms with Crippen LogP contribution in [0.15, 0.2) is 30.6 Å². The van der Waals surface area contributed by atoms with Gasteiger partial charge in [0.2, 0.25) is 0 Å². The van der Waals surface area contributed by atoms with Crippen LogP contribution in [0, 0.1) is 0 Å². The summed E-state index contributed by atoms with van der Waals surface area (Å²) in [6, 6.07) is 6.69. The summed E-state index contributed by atoms with van der Waals surface area (Å²) in [7, 11) is 0. The van der Waals surface area contributed by atoms with Gasteiger partial charge in [-0.2, -0.15) is 0 Å². The Morgan fingerprint density at radius 2 is 2.33 bits per heavy atom. The second-order valence-electron chi connectivity index (χ2n) is 2.30. The van der Waals surface area contributed by atoms with Crippen LogP contribution >= 0.6 is 11.6 Å². The molecule has 3 heteroatoms. The molecule has 1 nitrogen and oxygen atoms in total. The van der Waals surface area contributed by atoms with Crippen molar-refractivity contribution in [2.75, 3.05) is 6.61 Å². The summed E-state index contributed by atoms with van der Waals surface area (Å²) in [6.07, 6.45) is 0.381. The highest BCUT2D eigenvalue weighted by Crippen LogP contribution is 2.18. The molecule has 0 spiro atoms. The van der Waals surface area contributed by atoms with Gasteiger partial charge in [0.25, 0.3) is 0 Å². The van der Waals surface area contributed by atoms with Gasteiger partial charge in [-0.15, -0.1) is 0 Å². The number of aliphatic hydroxyl groups excluding tert-OH is 1. The Hall–Kier alpha value is -0.860. The van der Waals surface area contributed by atoms with E-state index in [0.29, 0.717) is 16.9 Å². The molecule has 1 rings (SSSR count). The number of benzene rings is 1. The van der Waals surface area contributed by atoms with E-state index in [4.69, 9.17) is 16.7 Å². The van der Waals surface area contributed by atoms with Gasteiger partial charge in [0.15, 0.2) is 0 Å².